The summed E-state index contributed by atoms with van der Waals surface area (Å²) in [6.45, 7) is 0. The zero-order valence-corrected chi connectivity index (χ0v) is 26.6. The van der Waals surface area contributed by atoms with Crippen molar-refractivity contribution in [2.75, 3.05) is 4.90 Å². The maximum Gasteiger partial charge on any atom is 0.0546 e. The minimum atomic E-state index is 0.135. The summed E-state index contributed by atoms with van der Waals surface area (Å²) in [5.74, 6) is 3.35. The van der Waals surface area contributed by atoms with Gasteiger partial charge in [-0.1, -0.05) is 115 Å². The fourth-order valence-electron chi connectivity index (χ4n) is 11.3. The smallest absolute Gasteiger partial charge is 0.0546 e. The van der Waals surface area contributed by atoms with Gasteiger partial charge in [0, 0.05) is 22.1 Å². The number of hydrogen-bond acceptors (Lipinski definition) is 1. The van der Waals surface area contributed by atoms with Crippen LogP contribution in [0.2, 0.25) is 0 Å². The van der Waals surface area contributed by atoms with Crippen molar-refractivity contribution in [2.45, 2.75) is 37.5 Å². The van der Waals surface area contributed by atoms with Crippen molar-refractivity contribution in [2.24, 2.45) is 23.7 Å². The van der Waals surface area contributed by atoms with Crippen molar-refractivity contribution < 1.29 is 0 Å². The van der Waals surface area contributed by atoms with Crippen LogP contribution in [0.3, 0.4) is 0 Å². The average Bonchev–Trinajstić information content (AvgIpc) is 3.42. The first-order valence-electron chi connectivity index (χ1n) is 17.7. The van der Waals surface area contributed by atoms with E-state index in [1.165, 1.54) is 92.6 Å². The lowest BCUT2D eigenvalue weighted by Gasteiger charge is -2.61. The Bertz CT molecular complexity index is 2370. The molecule has 226 valence electrons. The molecule has 0 atom stereocenters. The molecule has 0 saturated heterocycles. The molecule has 0 unspecified atom stereocenters. The minimum Gasteiger partial charge on any atom is -0.309 e. The van der Waals surface area contributed by atoms with E-state index in [-0.39, 0.29) is 5.41 Å². The molecule has 1 heteroatoms. The van der Waals surface area contributed by atoms with Crippen molar-refractivity contribution >= 4 is 49.4 Å². The first-order chi connectivity index (χ1) is 23.3. The van der Waals surface area contributed by atoms with Gasteiger partial charge >= 0.3 is 0 Å². The van der Waals surface area contributed by atoms with E-state index in [1.54, 1.807) is 11.1 Å². The van der Waals surface area contributed by atoms with Crippen molar-refractivity contribution in [1.82, 2.24) is 0 Å². The van der Waals surface area contributed by atoms with Gasteiger partial charge in [0.2, 0.25) is 0 Å². The van der Waals surface area contributed by atoms with Crippen LogP contribution in [0.25, 0.3) is 43.4 Å². The lowest BCUT2D eigenvalue weighted by molar-refractivity contribution is -0.0399. The van der Waals surface area contributed by atoms with Gasteiger partial charge in [-0.05, 0) is 124 Å². The molecule has 0 amide bonds. The van der Waals surface area contributed by atoms with E-state index in [2.05, 4.69) is 144 Å². The number of hydrogen-bond donors (Lipinski definition) is 0. The van der Waals surface area contributed by atoms with Crippen LogP contribution in [0.1, 0.15) is 43.2 Å². The minimum absolute atomic E-state index is 0.135. The lowest BCUT2D eigenvalue weighted by atomic mass is 9.43. The molecule has 4 bridgehead atoms. The van der Waals surface area contributed by atoms with E-state index in [0.717, 1.165) is 23.7 Å². The average molecular weight is 604 g/mol. The van der Waals surface area contributed by atoms with E-state index in [9.17, 15) is 0 Å². The van der Waals surface area contributed by atoms with Gasteiger partial charge in [-0.3, -0.25) is 0 Å². The summed E-state index contributed by atoms with van der Waals surface area (Å²) in [7, 11) is 0. The molecule has 1 nitrogen and oxygen atoms in total. The summed E-state index contributed by atoms with van der Waals surface area (Å²) >= 11 is 0. The molecular weight excluding hydrogens is 567 g/mol. The van der Waals surface area contributed by atoms with Gasteiger partial charge < -0.3 is 4.90 Å². The molecule has 1 spiro atoms. The molecule has 7 aromatic carbocycles. The molecular formula is C46H37N. The highest BCUT2D eigenvalue weighted by Gasteiger charge is 2.61. The number of anilines is 3. The Labute approximate surface area is 276 Å². The SMILES string of the molecule is c1ccc2c(c1)-c1c(N(c3ccc4ccccc4c3)c3cc4ccccc4c4ccccc34)cccc1C21C2CC3CC(C2)CC1C3. The summed E-state index contributed by atoms with van der Waals surface area (Å²) in [6, 6.07) is 53.0. The lowest BCUT2D eigenvalue weighted by Crippen LogP contribution is -2.55. The van der Waals surface area contributed by atoms with Crippen LogP contribution in [0, 0.1) is 23.7 Å². The van der Waals surface area contributed by atoms with Crippen LogP contribution in [0.4, 0.5) is 17.1 Å². The second-order valence-corrected chi connectivity index (χ2v) is 14.9. The Morgan fingerprint density at radius 2 is 1.09 bits per heavy atom. The van der Waals surface area contributed by atoms with Crippen LogP contribution >= 0.6 is 0 Å². The number of nitrogens with zero attached hydrogens (tertiary/aromatic N) is 1. The second kappa shape index (κ2) is 9.58. The maximum atomic E-state index is 2.60. The van der Waals surface area contributed by atoms with E-state index in [0.29, 0.717) is 0 Å². The van der Waals surface area contributed by atoms with E-state index in [1.807, 2.05) is 0 Å². The van der Waals surface area contributed by atoms with Crippen LogP contribution in [-0.4, -0.2) is 0 Å². The molecule has 5 aliphatic rings. The Morgan fingerprint density at radius 1 is 0.447 bits per heavy atom. The first-order valence-corrected chi connectivity index (χ1v) is 17.7. The standard InChI is InChI=1S/C46H37N/c1-2-11-32-27-36(21-20-31(32)10-1)47(44-28-33-12-3-4-13-37(33)38-14-5-6-15-39(38)44)43-19-9-18-42-45(43)40-16-7-8-17-41(40)46(42)34-23-29-22-30(25-34)26-35(46)24-29/h1-21,27-30,34-35H,22-26H2. The molecule has 0 N–H and O–H groups in total. The van der Waals surface area contributed by atoms with Crippen LogP contribution < -0.4 is 4.90 Å². The highest BCUT2D eigenvalue weighted by Crippen LogP contribution is 2.70. The Balaban J connectivity index is 1.24. The Morgan fingerprint density at radius 3 is 1.89 bits per heavy atom. The molecule has 0 heterocycles. The van der Waals surface area contributed by atoms with Crippen molar-refractivity contribution in [1.29, 1.82) is 0 Å². The summed E-state index contributed by atoms with van der Waals surface area (Å²) in [6.07, 6.45) is 7.06. The largest absolute Gasteiger partial charge is 0.309 e. The fraction of sp³-hybridized carbons (Fsp3) is 0.217. The number of fused-ring (bicyclic) bond motifs is 7. The summed E-state index contributed by atoms with van der Waals surface area (Å²) in [4.78, 5) is 2.60. The molecule has 4 fully saturated rings. The van der Waals surface area contributed by atoms with Crippen LogP contribution in [0.5, 0.6) is 0 Å². The molecule has 0 aromatic heterocycles. The molecule has 47 heavy (non-hydrogen) atoms. The maximum absolute atomic E-state index is 2.60. The van der Waals surface area contributed by atoms with Gasteiger partial charge in [0.25, 0.3) is 0 Å². The number of benzene rings is 7. The quantitative estimate of drug-likeness (QED) is 0.182. The first kappa shape index (κ1) is 26.2. The van der Waals surface area contributed by atoms with Gasteiger partial charge in [0.15, 0.2) is 0 Å². The van der Waals surface area contributed by atoms with E-state index < -0.39 is 0 Å². The fourth-order valence-corrected chi connectivity index (χ4v) is 11.3. The van der Waals surface area contributed by atoms with Gasteiger partial charge in [0.1, 0.15) is 0 Å². The van der Waals surface area contributed by atoms with Crippen molar-refractivity contribution in [3.8, 4) is 11.1 Å². The third-order valence-electron chi connectivity index (χ3n) is 12.8. The Kier molecular flexibility index (Phi) is 5.34. The van der Waals surface area contributed by atoms with Gasteiger partial charge in [0.05, 0.1) is 11.4 Å². The monoisotopic (exact) mass is 603 g/mol. The summed E-state index contributed by atoms with van der Waals surface area (Å²) in [5, 5.41) is 7.71. The van der Waals surface area contributed by atoms with Gasteiger partial charge in [-0.15, -0.1) is 0 Å². The van der Waals surface area contributed by atoms with E-state index >= 15 is 0 Å². The molecule has 0 radical (unpaired) electrons. The van der Waals surface area contributed by atoms with Crippen molar-refractivity contribution in [3.05, 3.63) is 151 Å². The zero-order valence-electron chi connectivity index (χ0n) is 26.6. The summed E-state index contributed by atoms with van der Waals surface area (Å²) in [5.41, 5.74) is 10.0. The second-order valence-electron chi connectivity index (χ2n) is 14.9. The highest BCUT2D eigenvalue weighted by molar-refractivity contribution is 6.15. The van der Waals surface area contributed by atoms with Crippen molar-refractivity contribution in [3.63, 3.8) is 0 Å². The van der Waals surface area contributed by atoms with Crippen LogP contribution in [0.15, 0.2) is 140 Å². The highest BCUT2D eigenvalue weighted by atomic mass is 15.1. The molecule has 5 aliphatic carbocycles. The predicted molar refractivity (Wildman–Crippen MR) is 197 cm³/mol. The Hall–Kier alpha value is -4.88. The van der Waals surface area contributed by atoms with Crippen LogP contribution in [-0.2, 0) is 5.41 Å². The molecule has 7 aromatic rings. The molecule has 4 saturated carbocycles. The summed E-state index contributed by atoms with van der Waals surface area (Å²) < 4.78 is 0. The van der Waals surface area contributed by atoms with Gasteiger partial charge in [-0.2, -0.15) is 0 Å². The third kappa shape index (κ3) is 3.50. The third-order valence-corrected chi connectivity index (χ3v) is 12.8. The normalized spacial score (nSPS) is 25.1. The molecule has 0 aliphatic heterocycles. The zero-order chi connectivity index (χ0) is 30.7. The number of rotatable bonds is 3. The molecule has 12 rings (SSSR count). The van der Waals surface area contributed by atoms with Gasteiger partial charge in [-0.25, -0.2) is 0 Å². The topological polar surface area (TPSA) is 3.24 Å². The predicted octanol–water partition coefficient (Wildman–Crippen LogP) is 12.3. The van der Waals surface area contributed by atoms with E-state index in [4.69, 9.17) is 0 Å².